The van der Waals surface area contributed by atoms with Gasteiger partial charge in [0.05, 0.1) is 27.8 Å². The lowest BCUT2D eigenvalue weighted by Crippen LogP contribution is -2.26. The zero-order valence-corrected chi connectivity index (χ0v) is 33.1. The summed E-state index contributed by atoms with van der Waals surface area (Å²) < 4.78 is 2.47. The Labute approximate surface area is 348 Å². The van der Waals surface area contributed by atoms with Crippen LogP contribution < -0.4 is 4.90 Å². The van der Waals surface area contributed by atoms with Crippen LogP contribution in [0.15, 0.2) is 212 Å². The van der Waals surface area contributed by atoms with Crippen LogP contribution in [0.25, 0.3) is 71.3 Å². The van der Waals surface area contributed by atoms with Crippen LogP contribution in [-0.2, 0) is 5.41 Å². The third kappa shape index (κ3) is 4.37. The first kappa shape index (κ1) is 33.3. The summed E-state index contributed by atoms with van der Waals surface area (Å²) in [4.78, 5) is 2.51. The van der Waals surface area contributed by atoms with Gasteiger partial charge in [-0.05, 0) is 111 Å². The van der Waals surface area contributed by atoms with E-state index in [2.05, 4.69) is 229 Å². The van der Waals surface area contributed by atoms with Crippen LogP contribution in [0.1, 0.15) is 27.8 Å². The smallest absolute Gasteiger partial charge is 0.0727 e. The molecule has 2 aliphatic carbocycles. The summed E-state index contributed by atoms with van der Waals surface area (Å²) in [5, 5.41) is 7.45. The molecule has 0 N–H and O–H groups in total. The number of nitrogens with zero attached hydrogens (tertiary/aromatic N) is 2. The molecular weight excluding hydrogens is 725 g/mol. The number of para-hydroxylation sites is 2. The molecular formula is C58H38N2. The van der Waals surface area contributed by atoms with Crippen LogP contribution in [0, 0.1) is 6.92 Å². The van der Waals surface area contributed by atoms with Crippen molar-refractivity contribution in [2.75, 3.05) is 4.90 Å². The van der Waals surface area contributed by atoms with E-state index in [-0.39, 0.29) is 0 Å². The van der Waals surface area contributed by atoms with Gasteiger partial charge in [-0.2, -0.15) is 0 Å². The van der Waals surface area contributed by atoms with Gasteiger partial charge in [0.1, 0.15) is 0 Å². The molecule has 0 radical (unpaired) electrons. The van der Waals surface area contributed by atoms with Crippen molar-refractivity contribution in [3.8, 4) is 27.9 Å². The Morgan fingerprint density at radius 3 is 1.65 bits per heavy atom. The predicted octanol–water partition coefficient (Wildman–Crippen LogP) is 15.2. The molecule has 0 fully saturated rings. The zero-order chi connectivity index (χ0) is 39.5. The van der Waals surface area contributed by atoms with E-state index in [1.807, 2.05) is 0 Å². The van der Waals surface area contributed by atoms with E-state index in [1.54, 1.807) is 0 Å². The van der Waals surface area contributed by atoms with Gasteiger partial charge in [0, 0.05) is 32.9 Å². The molecule has 60 heavy (non-hydrogen) atoms. The molecule has 10 aromatic carbocycles. The molecule has 1 heterocycles. The van der Waals surface area contributed by atoms with E-state index in [9.17, 15) is 0 Å². The van der Waals surface area contributed by atoms with Gasteiger partial charge in [-0.25, -0.2) is 0 Å². The highest BCUT2D eigenvalue weighted by Crippen LogP contribution is 2.65. The number of aryl methyl sites for hydroxylation is 1. The van der Waals surface area contributed by atoms with Gasteiger partial charge in [0.2, 0.25) is 0 Å². The lowest BCUT2D eigenvalue weighted by atomic mass is 9.70. The highest BCUT2D eigenvalue weighted by atomic mass is 15.1. The molecule has 1 spiro atoms. The first-order valence-corrected chi connectivity index (χ1v) is 20.9. The Bertz CT molecular complexity index is 3470. The molecule has 2 aliphatic rings. The van der Waals surface area contributed by atoms with Crippen LogP contribution in [0.4, 0.5) is 17.1 Å². The largest absolute Gasteiger partial charge is 0.309 e. The summed E-state index contributed by atoms with van der Waals surface area (Å²) in [5.41, 5.74) is 18.2. The van der Waals surface area contributed by atoms with Gasteiger partial charge in [0.25, 0.3) is 0 Å². The average molecular weight is 763 g/mol. The Kier molecular flexibility index (Phi) is 6.89. The van der Waals surface area contributed by atoms with Crippen molar-refractivity contribution in [2.45, 2.75) is 12.3 Å². The molecule has 11 aromatic rings. The zero-order valence-electron chi connectivity index (χ0n) is 33.1. The predicted molar refractivity (Wildman–Crippen MR) is 252 cm³/mol. The van der Waals surface area contributed by atoms with Crippen LogP contribution in [0.3, 0.4) is 0 Å². The van der Waals surface area contributed by atoms with Crippen molar-refractivity contribution in [2.24, 2.45) is 0 Å². The maximum absolute atomic E-state index is 2.55. The maximum atomic E-state index is 2.55. The first-order valence-electron chi connectivity index (χ1n) is 20.9. The topological polar surface area (TPSA) is 8.17 Å². The Morgan fingerprint density at radius 2 is 0.950 bits per heavy atom. The molecule has 0 atom stereocenters. The van der Waals surface area contributed by atoms with Crippen LogP contribution in [-0.4, -0.2) is 4.57 Å². The van der Waals surface area contributed by atoms with E-state index < -0.39 is 5.41 Å². The standard InChI is InChI=1S/C58H38N2/c1-37-29-31-39(32-30-37)59(53-28-14-16-38-15-2-3-17-41(38)53)56-36-52-57(47-23-5-4-22-46(47)56)48-34-33-40(60-54-26-12-8-20-44(54)45-21-9-13-27-55(45)60)35-51(48)58(52)49-24-10-6-18-42(49)43-19-7-11-25-50(43)58/h2-36H,1H3. The fourth-order valence-corrected chi connectivity index (χ4v) is 11.0. The molecule has 0 amide bonds. The quantitative estimate of drug-likeness (QED) is 0.173. The molecule has 0 unspecified atom stereocenters. The SMILES string of the molecule is Cc1ccc(N(c2cccc3ccccc23)c2cc3c(c4ccccc24)-c2ccc(-n4c5ccccc5c5ccccc54)cc2C32c3ccccc3-c3ccccc32)cc1. The highest BCUT2D eigenvalue weighted by molar-refractivity contribution is 6.14. The molecule has 2 nitrogen and oxygen atoms in total. The number of aromatic nitrogens is 1. The summed E-state index contributed by atoms with van der Waals surface area (Å²) in [6, 6.07) is 79.4. The lowest BCUT2D eigenvalue weighted by Gasteiger charge is -2.33. The van der Waals surface area contributed by atoms with Crippen molar-refractivity contribution in [1.29, 1.82) is 0 Å². The summed E-state index contributed by atoms with van der Waals surface area (Å²) in [6.45, 7) is 2.17. The average Bonchev–Trinajstić information content (AvgIpc) is 3.91. The third-order valence-electron chi connectivity index (χ3n) is 13.4. The molecule has 280 valence electrons. The molecule has 1 aromatic heterocycles. The van der Waals surface area contributed by atoms with Gasteiger partial charge in [-0.15, -0.1) is 0 Å². The van der Waals surface area contributed by atoms with E-state index in [0.717, 1.165) is 11.4 Å². The molecule has 13 rings (SSSR count). The number of benzene rings is 10. The molecule has 0 saturated carbocycles. The highest BCUT2D eigenvalue weighted by Gasteiger charge is 2.52. The minimum Gasteiger partial charge on any atom is -0.309 e. The Balaban J connectivity index is 1.18. The number of hydrogen-bond acceptors (Lipinski definition) is 1. The molecule has 0 aliphatic heterocycles. The van der Waals surface area contributed by atoms with Gasteiger partial charge < -0.3 is 9.47 Å². The van der Waals surface area contributed by atoms with Gasteiger partial charge in [0.15, 0.2) is 0 Å². The number of fused-ring (bicyclic) bond motifs is 16. The minimum atomic E-state index is -0.566. The molecule has 2 heteroatoms. The van der Waals surface area contributed by atoms with Crippen molar-refractivity contribution in [1.82, 2.24) is 4.57 Å². The van der Waals surface area contributed by atoms with E-state index in [4.69, 9.17) is 0 Å². The molecule has 0 saturated heterocycles. The minimum absolute atomic E-state index is 0.566. The number of rotatable bonds is 4. The summed E-state index contributed by atoms with van der Waals surface area (Å²) in [7, 11) is 0. The lowest BCUT2D eigenvalue weighted by molar-refractivity contribution is 0.793. The number of hydrogen-bond donors (Lipinski definition) is 0. The monoisotopic (exact) mass is 762 g/mol. The second-order valence-electron chi connectivity index (χ2n) is 16.5. The van der Waals surface area contributed by atoms with Crippen molar-refractivity contribution >= 4 is 60.4 Å². The van der Waals surface area contributed by atoms with Gasteiger partial charge in [-0.3, -0.25) is 0 Å². The van der Waals surface area contributed by atoms with Gasteiger partial charge >= 0.3 is 0 Å². The summed E-state index contributed by atoms with van der Waals surface area (Å²) >= 11 is 0. The maximum Gasteiger partial charge on any atom is 0.0727 e. The summed E-state index contributed by atoms with van der Waals surface area (Å²) in [6.07, 6.45) is 0. The first-order chi connectivity index (χ1) is 29.7. The van der Waals surface area contributed by atoms with E-state index in [1.165, 1.54) is 105 Å². The molecule has 0 bridgehead atoms. The van der Waals surface area contributed by atoms with Crippen molar-refractivity contribution in [3.63, 3.8) is 0 Å². The third-order valence-corrected chi connectivity index (χ3v) is 13.4. The Morgan fingerprint density at radius 1 is 0.383 bits per heavy atom. The number of anilines is 3. The van der Waals surface area contributed by atoms with Crippen molar-refractivity contribution in [3.05, 3.63) is 240 Å². The normalized spacial score (nSPS) is 13.2. The van der Waals surface area contributed by atoms with Crippen LogP contribution in [0.2, 0.25) is 0 Å². The van der Waals surface area contributed by atoms with Crippen LogP contribution in [0.5, 0.6) is 0 Å². The van der Waals surface area contributed by atoms with Crippen LogP contribution >= 0.6 is 0 Å². The van der Waals surface area contributed by atoms with E-state index >= 15 is 0 Å². The summed E-state index contributed by atoms with van der Waals surface area (Å²) in [5.74, 6) is 0. The second kappa shape index (κ2) is 12.4. The van der Waals surface area contributed by atoms with Crippen molar-refractivity contribution < 1.29 is 0 Å². The van der Waals surface area contributed by atoms with Gasteiger partial charge in [-0.1, -0.05) is 169 Å². The fourth-order valence-electron chi connectivity index (χ4n) is 11.0. The Hall–Kier alpha value is -7.68. The second-order valence-corrected chi connectivity index (χ2v) is 16.5. The van der Waals surface area contributed by atoms with E-state index in [0.29, 0.717) is 0 Å². The fraction of sp³-hybridized carbons (Fsp3) is 0.0345.